The summed E-state index contributed by atoms with van der Waals surface area (Å²) in [6.45, 7) is 8.51. The van der Waals surface area contributed by atoms with Gasteiger partial charge in [-0.1, -0.05) is 52.0 Å². The summed E-state index contributed by atoms with van der Waals surface area (Å²) >= 11 is 0. The van der Waals surface area contributed by atoms with Crippen molar-refractivity contribution in [1.82, 2.24) is 5.43 Å². The molecule has 5 nitrogen and oxygen atoms in total. The van der Waals surface area contributed by atoms with Gasteiger partial charge in [0.05, 0.1) is 12.1 Å². The molecular weight excluding hydrogens is 338 g/mol. The van der Waals surface area contributed by atoms with Crippen molar-refractivity contribution in [2.24, 2.45) is 0 Å². The quantitative estimate of drug-likeness (QED) is 0.835. The molecule has 0 bridgehead atoms. The van der Waals surface area contributed by atoms with Crippen molar-refractivity contribution in [3.63, 3.8) is 0 Å². The lowest BCUT2D eigenvalue weighted by atomic mass is 10.0. The fourth-order valence-electron chi connectivity index (χ4n) is 3.10. The number of nitrogens with one attached hydrogen (secondary N) is 2. The number of hydrogen-bond donors (Lipinski definition) is 2. The minimum absolute atomic E-state index is 0.109. The number of hydrogen-bond acceptors (Lipinski definition) is 3. The maximum absolute atomic E-state index is 12.5. The lowest BCUT2D eigenvalue weighted by Gasteiger charge is -2.19. The van der Waals surface area contributed by atoms with Crippen molar-refractivity contribution >= 4 is 23.2 Å². The number of hydrazine groups is 1. The molecule has 0 spiro atoms. The molecule has 0 aliphatic carbocycles. The van der Waals surface area contributed by atoms with Gasteiger partial charge in [0.2, 0.25) is 11.8 Å². The number of anilines is 2. The maximum atomic E-state index is 12.5. The Kier molecular flexibility index (Phi) is 5.61. The van der Waals surface area contributed by atoms with Crippen molar-refractivity contribution in [3.05, 3.63) is 59.7 Å². The second-order valence-electron chi connectivity index (χ2n) is 7.63. The van der Waals surface area contributed by atoms with E-state index in [1.807, 2.05) is 48.5 Å². The number of benzene rings is 2. The molecule has 1 aliphatic rings. The van der Waals surface area contributed by atoms with Gasteiger partial charge in [-0.2, -0.15) is 0 Å². The van der Waals surface area contributed by atoms with Gasteiger partial charge >= 0.3 is 0 Å². The summed E-state index contributed by atoms with van der Waals surface area (Å²) in [5, 5.41) is 4.35. The zero-order valence-electron chi connectivity index (χ0n) is 16.3. The molecule has 0 aromatic heterocycles. The van der Waals surface area contributed by atoms with Crippen LogP contribution in [-0.4, -0.2) is 17.9 Å². The molecule has 2 amide bonds. The van der Waals surface area contributed by atoms with Gasteiger partial charge in [0, 0.05) is 5.69 Å². The van der Waals surface area contributed by atoms with Crippen LogP contribution < -0.4 is 15.8 Å². The van der Waals surface area contributed by atoms with E-state index in [0.29, 0.717) is 11.8 Å². The highest BCUT2D eigenvalue weighted by Gasteiger charge is 2.34. The van der Waals surface area contributed by atoms with Crippen LogP contribution in [0.1, 0.15) is 57.1 Å². The Bertz CT molecular complexity index is 810. The van der Waals surface area contributed by atoms with E-state index in [0.717, 1.165) is 11.4 Å². The summed E-state index contributed by atoms with van der Waals surface area (Å²) in [7, 11) is 0. The zero-order chi connectivity index (χ0) is 19.6. The average molecular weight is 365 g/mol. The molecule has 2 aromatic rings. The van der Waals surface area contributed by atoms with E-state index in [1.54, 1.807) is 0 Å². The van der Waals surface area contributed by atoms with Gasteiger partial charge in [-0.05, 0) is 47.2 Å². The van der Waals surface area contributed by atoms with Crippen molar-refractivity contribution in [2.45, 2.75) is 52.0 Å². The van der Waals surface area contributed by atoms with E-state index in [4.69, 9.17) is 0 Å². The Morgan fingerprint density at radius 3 is 2.00 bits per heavy atom. The lowest BCUT2D eigenvalue weighted by molar-refractivity contribution is -0.120. The summed E-state index contributed by atoms with van der Waals surface area (Å²) < 4.78 is 0. The summed E-state index contributed by atoms with van der Waals surface area (Å²) in [5.74, 6) is 0.561. The predicted octanol–water partition coefficient (Wildman–Crippen LogP) is 4.18. The first-order valence-electron chi connectivity index (χ1n) is 9.45. The van der Waals surface area contributed by atoms with E-state index in [9.17, 15) is 9.59 Å². The van der Waals surface area contributed by atoms with Gasteiger partial charge in [0.1, 0.15) is 6.04 Å². The minimum Gasteiger partial charge on any atom is -0.325 e. The van der Waals surface area contributed by atoms with Crippen LogP contribution in [0.15, 0.2) is 48.5 Å². The normalized spacial score (nSPS) is 17.0. The second-order valence-corrected chi connectivity index (χ2v) is 7.63. The first-order chi connectivity index (χ1) is 12.8. The Hall–Kier alpha value is -2.66. The first kappa shape index (κ1) is 19.1. The third-order valence-corrected chi connectivity index (χ3v) is 4.89. The van der Waals surface area contributed by atoms with E-state index >= 15 is 0 Å². The fraction of sp³-hybridized carbons (Fsp3) is 0.364. The van der Waals surface area contributed by atoms with E-state index in [2.05, 4.69) is 38.4 Å². The summed E-state index contributed by atoms with van der Waals surface area (Å²) in [6.07, 6.45) is 0.141. The average Bonchev–Trinajstić information content (AvgIpc) is 3.04. The molecule has 3 rings (SSSR count). The predicted molar refractivity (Wildman–Crippen MR) is 109 cm³/mol. The van der Waals surface area contributed by atoms with Crippen molar-refractivity contribution in [3.8, 4) is 0 Å². The second kappa shape index (κ2) is 7.92. The van der Waals surface area contributed by atoms with Gasteiger partial charge < -0.3 is 5.32 Å². The summed E-state index contributed by atoms with van der Waals surface area (Å²) in [6, 6.07) is 15.1. The largest absolute Gasteiger partial charge is 0.325 e. The van der Waals surface area contributed by atoms with Crippen molar-refractivity contribution < 1.29 is 9.59 Å². The molecule has 27 heavy (non-hydrogen) atoms. The Labute approximate surface area is 160 Å². The van der Waals surface area contributed by atoms with Crippen LogP contribution in [0, 0.1) is 0 Å². The first-order valence-corrected chi connectivity index (χ1v) is 9.45. The monoisotopic (exact) mass is 365 g/mol. The topological polar surface area (TPSA) is 61.4 Å². The standard InChI is InChI=1S/C22H27N3O2/c1-14(2)16-5-9-18(10-6-16)23-22(27)20-13-21(26)25(24-20)19-11-7-17(8-12-19)15(3)4/h5-12,14-15,20,24H,13H2,1-4H3,(H,23,27). The number of carbonyl (C=O) groups is 2. The van der Waals surface area contributed by atoms with Crippen LogP contribution in [0.3, 0.4) is 0 Å². The molecule has 1 heterocycles. The van der Waals surface area contributed by atoms with E-state index < -0.39 is 6.04 Å². The Morgan fingerprint density at radius 2 is 1.48 bits per heavy atom. The zero-order valence-corrected chi connectivity index (χ0v) is 16.3. The summed E-state index contributed by atoms with van der Waals surface area (Å²) in [4.78, 5) is 24.9. The highest BCUT2D eigenvalue weighted by Crippen LogP contribution is 2.23. The number of rotatable bonds is 5. The minimum atomic E-state index is -0.577. The SMILES string of the molecule is CC(C)c1ccc(NC(=O)C2CC(=O)N(c3ccc(C(C)C)cc3)N2)cc1. The molecule has 1 saturated heterocycles. The lowest BCUT2D eigenvalue weighted by Crippen LogP contribution is -2.42. The number of nitrogens with zero attached hydrogens (tertiary/aromatic N) is 1. The number of carbonyl (C=O) groups excluding carboxylic acids is 2. The Balaban J connectivity index is 1.64. The molecule has 1 unspecified atom stereocenters. The van der Waals surface area contributed by atoms with Crippen molar-refractivity contribution in [1.29, 1.82) is 0 Å². The van der Waals surface area contributed by atoms with Crippen molar-refractivity contribution in [2.75, 3.05) is 10.3 Å². The van der Waals surface area contributed by atoms with Crippen LogP contribution in [0.4, 0.5) is 11.4 Å². The molecule has 2 N–H and O–H groups in total. The highest BCUT2D eigenvalue weighted by atomic mass is 16.2. The van der Waals surface area contributed by atoms with Gasteiger partial charge in [-0.3, -0.25) is 9.59 Å². The molecule has 1 atom stereocenters. The molecule has 0 radical (unpaired) electrons. The van der Waals surface area contributed by atoms with Crippen LogP contribution in [0.25, 0.3) is 0 Å². The van der Waals surface area contributed by atoms with Gasteiger partial charge in [0.25, 0.3) is 0 Å². The Morgan fingerprint density at radius 1 is 0.963 bits per heavy atom. The third-order valence-electron chi connectivity index (χ3n) is 4.89. The smallest absolute Gasteiger partial charge is 0.243 e. The molecule has 5 heteroatoms. The molecule has 2 aromatic carbocycles. The van der Waals surface area contributed by atoms with Crippen LogP contribution in [-0.2, 0) is 9.59 Å². The van der Waals surface area contributed by atoms with Gasteiger partial charge in [-0.15, -0.1) is 0 Å². The molecule has 1 fully saturated rings. The van der Waals surface area contributed by atoms with E-state index in [-0.39, 0.29) is 18.2 Å². The number of amides is 2. The molecule has 1 aliphatic heterocycles. The maximum Gasteiger partial charge on any atom is 0.243 e. The third kappa shape index (κ3) is 4.37. The molecule has 0 saturated carbocycles. The van der Waals surface area contributed by atoms with E-state index in [1.165, 1.54) is 16.1 Å². The fourth-order valence-corrected chi connectivity index (χ4v) is 3.10. The van der Waals surface area contributed by atoms with Gasteiger partial charge in [0.15, 0.2) is 0 Å². The highest BCUT2D eigenvalue weighted by molar-refractivity contribution is 6.04. The molecule has 142 valence electrons. The van der Waals surface area contributed by atoms with Crippen LogP contribution in [0.5, 0.6) is 0 Å². The van der Waals surface area contributed by atoms with Gasteiger partial charge in [-0.25, -0.2) is 10.4 Å². The van der Waals surface area contributed by atoms with Crippen LogP contribution in [0.2, 0.25) is 0 Å². The van der Waals surface area contributed by atoms with Crippen LogP contribution >= 0.6 is 0 Å². The molecular formula is C22H27N3O2. The summed E-state index contributed by atoms with van der Waals surface area (Å²) in [5.41, 5.74) is 6.95.